The minimum atomic E-state index is -3.70. The molecule has 1 aliphatic rings. The second kappa shape index (κ2) is 10.2. The summed E-state index contributed by atoms with van der Waals surface area (Å²) >= 11 is 3.22. The van der Waals surface area contributed by atoms with Gasteiger partial charge in [0.1, 0.15) is 0 Å². The van der Waals surface area contributed by atoms with E-state index in [0.717, 1.165) is 25.7 Å². The zero-order chi connectivity index (χ0) is 21.6. The first kappa shape index (κ1) is 22.5. The molecule has 0 unspecified atom stereocenters. The van der Waals surface area contributed by atoms with Gasteiger partial charge in [0.2, 0.25) is 10.0 Å². The van der Waals surface area contributed by atoms with Crippen LogP contribution < -0.4 is 10.0 Å². The maximum Gasteiger partial charge on any atom is 0.339 e. The lowest BCUT2D eigenvalue weighted by molar-refractivity contribution is -0.124. The van der Waals surface area contributed by atoms with Crippen LogP contribution in [0.15, 0.2) is 57.9 Å². The Kier molecular flexibility index (Phi) is 7.63. The molecular weight excluding hydrogens is 472 g/mol. The number of rotatable bonds is 10. The summed E-state index contributed by atoms with van der Waals surface area (Å²) in [4.78, 5) is 24.3. The van der Waals surface area contributed by atoms with Crippen molar-refractivity contribution in [2.24, 2.45) is 0 Å². The minimum Gasteiger partial charge on any atom is -0.452 e. The molecule has 160 valence electrons. The smallest absolute Gasteiger partial charge is 0.339 e. The number of halogens is 1. The molecule has 0 bridgehead atoms. The Morgan fingerprint density at radius 2 is 1.83 bits per heavy atom. The number of ether oxygens (including phenoxy) is 1. The van der Waals surface area contributed by atoms with Crippen molar-refractivity contribution in [1.29, 1.82) is 0 Å². The van der Waals surface area contributed by atoms with Crippen LogP contribution in [-0.2, 0) is 26.0 Å². The molecule has 9 heteroatoms. The maximum atomic E-state index is 12.4. The number of benzene rings is 2. The summed E-state index contributed by atoms with van der Waals surface area (Å²) in [7, 11) is -3.70. The molecule has 2 aromatic rings. The van der Waals surface area contributed by atoms with Gasteiger partial charge in [-0.2, -0.15) is 0 Å². The van der Waals surface area contributed by atoms with Gasteiger partial charge in [-0.1, -0.05) is 30.3 Å². The van der Waals surface area contributed by atoms with Gasteiger partial charge in [-0.15, -0.1) is 0 Å². The number of sulfonamides is 1. The van der Waals surface area contributed by atoms with Crippen molar-refractivity contribution in [3.63, 3.8) is 0 Å². The van der Waals surface area contributed by atoms with Gasteiger partial charge in [0.25, 0.3) is 5.91 Å². The van der Waals surface area contributed by atoms with E-state index in [1.165, 1.54) is 23.8 Å². The largest absolute Gasteiger partial charge is 0.452 e. The van der Waals surface area contributed by atoms with E-state index in [4.69, 9.17) is 4.74 Å². The van der Waals surface area contributed by atoms with Crippen molar-refractivity contribution >= 4 is 37.8 Å². The number of nitrogens with one attached hydrogen (secondary N) is 2. The van der Waals surface area contributed by atoms with Gasteiger partial charge in [0, 0.05) is 17.1 Å². The molecular formula is C21H23BrN2O5S. The normalized spacial score (nSPS) is 13.6. The van der Waals surface area contributed by atoms with Crippen molar-refractivity contribution in [2.75, 3.05) is 13.2 Å². The summed E-state index contributed by atoms with van der Waals surface area (Å²) in [5, 5.41) is 2.70. The topological polar surface area (TPSA) is 102 Å². The Balaban J connectivity index is 1.48. The molecule has 0 spiro atoms. The summed E-state index contributed by atoms with van der Waals surface area (Å²) < 4.78 is 32.7. The Morgan fingerprint density at radius 1 is 1.10 bits per heavy atom. The van der Waals surface area contributed by atoms with Crippen LogP contribution in [0.2, 0.25) is 0 Å². The summed E-state index contributed by atoms with van der Waals surface area (Å²) in [6.07, 6.45) is 3.23. The molecule has 30 heavy (non-hydrogen) atoms. The van der Waals surface area contributed by atoms with E-state index in [1.54, 1.807) is 0 Å². The van der Waals surface area contributed by atoms with Gasteiger partial charge >= 0.3 is 5.97 Å². The molecule has 0 aromatic heterocycles. The van der Waals surface area contributed by atoms with Crippen LogP contribution in [-0.4, -0.2) is 39.5 Å². The van der Waals surface area contributed by atoms with Crippen LogP contribution in [0.5, 0.6) is 0 Å². The van der Waals surface area contributed by atoms with Crippen molar-refractivity contribution in [1.82, 2.24) is 10.0 Å². The minimum absolute atomic E-state index is 0.0186. The number of amides is 1. The average Bonchev–Trinajstić information content (AvgIpc) is 3.53. The number of hydrogen-bond donors (Lipinski definition) is 2. The van der Waals surface area contributed by atoms with Gasteiger partial charge < -0.3 is 10.1 Å². The number of carbonyl (C=O) groups is 2. The molecule has 0 atom stereocenters. The zero-order valence-electron chi connectivity index (χ0n) is 16.3. The van der Waals surface area contributed by atoms with Gasteiger partial charge in [-0.05, 0) is 65.4 Å². The predicted molar refractivity (Wildman–Crippen MR) is 116 cm³/mol. The lowest BCUT2D eigenvalue weighted by Crippen LogP contribution is -2.30. The first-order valence-corrected chi connectivity index (χ1v) is 11.9. The van der Waals surface area contributed by atoms with Crippen LogP contribution in [0.1, 0.15) is 35.2 Å². The monoisotopic (exact) mass is 494 g/mol. The number of hydrogen-bond acceptors (Lipinski definition) is 5. The number of carbonyl (C=O) groups excluding carboxylic acids is 2. The van der Waals surface area contributed by atoms with E-state index in [1.807, 2.05) is 30.3 Å². The molecule has 7 nitrogen and oxygen atoms in total. The van der Waals surface area contributed by atoms with Gasteiger partial charge in [0.15, 0.2) is 6.61 Å². The zero-order valence-corrected chi connectivity index (χ0v) is 18.7. The molecule has 2 aromatic carbocycles. The van der Waals surface area contributed by atoms with Crippen molar-refractivity contribution in [3.05, 3.63) is 64.1 Å². The fourth-order valence-corrected chi connectivity index (χ4v) is 4.48. The molecule has 1 aliphatic carbocycles. The second-order valence-electron chi connectivity index (χ2n) is 7.05. The molecule has 1 saturated carbocycles. The summed E-state index contributed by atoms with van der Waals surface area (Å²) in [6, 6.07) is 14.0. The summed E-state index contributed by atoms with van der Waals surface area (Å²) in [5.41, 5.74) is 1.24. The first-order valence-electron chi connectivity index (χ1n) is 9.65. The fourth-order valence-electron chi connectivity index (χ4n) is 2.74. The lowest BCUT2D eigenvalue weighted by Gasteiger charge is -2.10. The fraction of sp³-hybridized carbons (Fsp3) is 0.333. The van der Waals surface area contributed by atoms with Gasteiger partial charge in [-0.3, -0.25) is 4.79 Å². The van der Waals surface area contributed by atoms with Crippen molar-refractivity contribution in [2.45, 2.75) is 36.6 Å². The lowest BCUT2D eigenvalue weighted by atomic mass is 10.1. The molecule has 1 amide bonds. The standard InChI is InChI=1S/C21H23BrN2O5S/c22-19-11-10-17(30(27,28)24-16-8-9-16)13-18(19)21(26)29-14-20(25)23-12-4-7-15-5-2-1-3-6-15/h1-3,5-6,10-11,13,16,24H,4,7-9,12,14H2,(H,23,25). The van der Waals surface area contributed by atoms with E-state index >= 15 is 0 Å². The van der Waals surface area contributed by atoms with E-state index in [0.29, 0.717) is 11.0 Å². The third-order valence-corrected chi connectivity index (χ3v) is 6.72. The molecule has 2 N–H and O–H groups in total. The molecule has 3 rings (SSSR count). The van der Waals surface area contributed by atoms with E-state index < -0.39 is 28.5 Å². The average molecular weight is 495 g/mol. The van der Waals surface area contributed by atoms with E-state index in [-0.39, 0.29) is 16.5 Å². The molecule has 1 fully saturated rings. The molecule has 0 radical (unpaired) electrons. The summed E-state index contributed by atoms with van der Waals surface area (Å²) in [5.74, 6) is -1.18. The predicted octanol–water partition coefficient (Wildman–Crippen LogP) is 2.80. The highest BCUT2D eigenvalue weighted by atomic mass is 79.9. The summed E-state index contributed by atoms with van der Waals surface area (Å²) in [6.45, 7) is 0.0312. The number of aryl methyl sites for hydroxylation is 1. The third-order valence-electron chi connectivity index (χ3n) is 4.51. The maximum absolute atomic E-state index is 12.4. The molecule has 0 aliphatic heterocycles. The Labute approximate surface area is 184 Å². The van der Waals surface area contributed by atoms with Crippen molar-refractivity contribution < 1.29 is 22.7 Å². The van der Waals surface area contributed by atoms with Gasteiger partial charge in [-0.25, -0.2) is 17.9 Å². The van der Waals surface area contributed by atoms with Crippen LogP contribution in [0, 0.1) is 0 Å². The van der Waals surface area contributed by atoms with Gasteiger partial charge in [0.05, 0.1) is 10.5 Å². The van der Waals surface area contributed by atoms with Crippen LogP contribution in [0.3, 0.4) is 0 Å². The van der Waals surface area contributed by atoms with Crippen molar-refractivity contribution in [3.8, 4) is 0 Å². The molecule has 0 saturated heterocycles. The van der Waals surface area contributed by atoms with Crippen LogP contribution >= 0.6 is 15.9 Å². The first-order chi connectivity index (χ1) is 14.3. The van der Waals surface area contributed by atoms with E-state index in [2.05, 4.69) is 26.0 Å². The SMILES string of the molecule is O=C(COC(=O)c1cc(S(=O)(=O)NC2CC2)ccc1Br)NCCCc1ccccc1. The molecule has 0 heterocycles. The number of esters is 1. The highest BCUT2D eigenvalue weighted by Gasteiger charge is 2.28. The Hall–Kier alpha value is -2.23. The van der Waals surface area contributed by atoms with E-state index in [9.17, 15) is 18.0 Å². The quantitative estimate of drug-likeness (QED) is 0.390. The second-order valence-corrected chi connectivity index (χ2v) is 9.62. The Bertz CT molecular complexity index is 1010. The van der Waals surface area contributed by atoms with Crippen LogP contribution in [0.25, 0.3) is 0 Å². The highest BCUT2D eigenvalue weighted by molar-refractivity contribution is 9.10. The van der Waals surface area contributed by atoms with Crippen LogP contribution in [0.4, 0.5) is 0 Å². The Morgan fingerprint density at radius 3 is 2.53 bits per heavy atom. The highest BCUT2D eigenvalue weighted by Crippen LogP contribution is 2.25. The third kappa shape index (κ3) is 6.65.